The lowest BCUT2D eigenvalue weighted by Gasteiger charge is -2.44. The molecule has 13 heavy (non-hydrogen) atoms. The highest BCUT2D eigenvalue weighted by Gasteiger charge is 2.91. The average molecular weight is 177 g/mol. The Balaban J connectivity index is 1.78. The van der Waals surface area contributed by atoms with Crippen LogP contribution in [0.25, 0.3) is 0 Å². The normalized spacial score (nSPS) is 45.5. The molecule has 1 heteroatoms. The van der Waals surface area contributed by atoms with Crippen molar-refractivity contribution in [3.63, 3.8) is 0 Å². The average Bonchev–Trinajstić information content (AvgIpc) is 2.61. The molecule has 1 nitrogen and oxygen atoms in total. The molecule has 0 aliphatic heterocycles. The van der Waals surface area contributed by atoms with Crippen molar-refractivity contribution >= 4 is 0 Å². The van der Waals surface area contributed by atoms with Crippen molar-refractivity contribution in [1.82, 2.24) is 0 Å². The molecule has 4 aliphatic carbocycles. The van der Waals surface area contributed by atoms with Crippen LogP contribution in [-0.4, -0.2) is 6.04 Å². The minimum atomic E-state index is 0.591. The van der Waals surface area contributed by atoms with Crippen molar-refractivity contribution in [1.29, 1.82) is 0 Å². The standard InChI is InChI=1S/C12H19N/c13-9-3-8-12(9)10(4-1-5-10)11(12)6-2-7-11/h9H,1-8,13H2. The molecule has 0 bridgehead atoms. The summed E-state index contributed by atoms with van der Waals surface area (Å²) in [5.74, 6) is 0. The molecule has 0 saturated heterocycles. The zero-order valence-electron chi connectivity index (χ0n) is 8.31. The van der Waals surface area contributed by atoms with Crippen LogP contribution in [0.4, 0.5) is 0 Å². The predicted molar refractivity (Wildman–Crippen MR) is 52.2 cm³/mol. The van der Waals surface area contributed by atoms with Crippen LogP contribution in [0.2, 0.25) is 0 Å². The van der Waals surface area contributed by atoms with Crippen LogP contribution in [0.1, 0.15) is 51.4 Å². The van der Waals surface area contributed by atoms with E-state index in [0.717, 1.165) is 10.8 Å². The maximum absolute atomic E-state index is 6.29. The van der Waals surface area contributed by atoms with E-state index in [9.17, 15) is 0 Å². The van der Waals surface area contributed by atoms with Crippen molar-refractivity contribution in [2.75, 3.05) is 0 Å². The third-order valence-electron chi connectivity index (χ3n) is 6.46. The Labute approximate surface area is 80.1 Å². The number of hydrogen-bond donors (Lipinski definition) is 1. The van der Waals surface area contributed by atoms with Crippen molar-refractivity contribution in [3.05, 3.63) is 0 Å². The van der Waals surface area contributed by atoms with Gasteiger partial charge in [-0.3, -0.25) is 0 Å². The van der Waals surface area contributed by atoms with Crippen molar-refractivity contribution in [3.8, 4) is 0 Å². The van der Waals surface area contributed by atoms with Crippen LogP contribution in [0.15, 0.2) is 0 Å². The van der Waals surface area contributed by atoms with E-state index in [1.165, 1.54) is 51.4 Å². The lowest BCUT2D eigenvalue weighted by Crippen LogP contribution is -2.48. The fraction of sp³-hybridized carbons (Fsp3) is 1.00. The molecule has 1 atom stereocenters. The van der Waals surface area contributed by atoms with E-state index in [1.807, 2.05) is 0 Å². The highest BCUT2D eigenvalue weighted by atomic mass is 15.0. The molecule has 4 saturated carbocycles. The summed E-state index contributed by atoms with van der Waals surface area (Å²) in [6.45, 7) is 0. The fourth-order valence-electron chi connectivity index (χ4n) is 5.66. The van der Waals surface area contributed by atoms with Gasteiger partial charge in [0.2, 0.25) is 0 Å². The number of fused-ring (bicyclic) bond motifs is 3. The van der Waals surface area contributed by atoms with Crippen LogP contribution < -0.4 is 5.73 Å². The van der Waals surface area contributed by atoms with Crippen molar-refractivity contribution in [2.24, 2.45) is 22.0 Å². The highest BCUT2D eigenvalue weighted by Crippen LogP contribution is 2.96. The first-order valence-electron chi connectivity index (χ1n) is 6.05. The quantitative estimate of drug-likeness (QED) is 0.604. The molecule has 0 heterocycles. The highest BCUT2D eigenvalue weighted by molar-refractivity contribution is 5.40. The second kappa shape index (κ2) is 1.71. The first-order valence-corrected chi connectivity index (χ1v) is 6.05. The van der Waals surface area contributed by atoms with Gasteiger partial charge in [0.25, 0.3) is 0 Å². The zero-order chi connectivity index (χ0) is 8.73. The molecule has 1 unspecified atom stereocenters. The second-order valence-electron chi connectivity index (χ2n) is 5.99. The Bertz CT molecular complexity index is 253. The smallest absolute Gasteiger partial charge is 0.0107 e. The first kappa shape index (κ1) is 7.28. The van der Waals surface area contributed by atoms with Crippen LogP contribution >= 0.6 is 0 Å². The van der Waals surface area contributed by atoms with Crippen molar-refractivity contribution in [2.45, 2.75) is 57.4 Å². The largest absolute Gasteiger partial charge is 0.327 e. The summed E-state index contributed by atoms with van der Waals surface area (Å²) >= 11 is 0. The van der Waals surface area contributed by atoms with Crippen LogP contribution in [0.3, 0.4) is 0 Å². The van der Waals surface area contributed by atoms with E-state index in [-0.39, 0.29) is 0 Å². The Morgan fingerprint density at radius 2 is 1.38 bits per heavy atom. The number of nitrogens with two attached hydrogens (primary N) is 1. The van der Waals surface area contributed by atoms with Gasteiger partial charge in [-0.25, -0.2) is 0 Å². The van der Waals surface area contributed by atoms with Crippen molar-refractivity contribution < 1.29 is 0 Å². The number of rotatable bonds is 0. The first-order chi connectivity index (χ1) is 6.29. The molecule has 2 N–H and O–H groups in total. The van der Waals surface area contributed by atoms with Gasteiger partial charge in [-0.05, 0) is 54.8 Å². The molecular weight excluding hydrogens is 158 g/mol. The second-order valence-corrected chi connectivity index (χ2v) is 5.99. The van der Waals surface area contributed by atoms with Gasteiger partial charge < -0.3 is 5.73 Å². The van der Waals surface area contributed by atoms with Gasteiger partial charge in [0.1, 0.15) is 0 Å². The van der Waals surface area contributed by atoms with E-state index in [0.29, 0.717) is 11.5 Å². The third kappa shape index (κ3) is 0.423. The van der Waals surface area contributed by atoms with Gasteiger partial charge >= 0.3 is 0 Å². The molecule has 3 spiro atoms. The van der Waals surface area contributed by atoms with Gasteiger partial charge in [-0.1, -0.05) is 12.8 Å². The molecule has 0 radical (unpaired) electrons. The Hall–Kier alpha value is -0.0400. The lowest BCUT2D eigenvalue weighted by molar-refractivity contribution is 0.0956. The molecule has 4 fully saturated rings. The number of hydrogen-bond acceptors (Lipinski definition) is 1. The van der Waals surface area contributed by atoms with E-state index in [1.54, 1.807) is 0 Å². The molecule has 0 aromatic heterocycles. The SMILES string of the molecule is NC1CCC12C1(CCC1)C21CCC1. The zero-order valence-corrected chi connectivity index (χ0v) is 8.31. The van der Waals surface area contributed by atoms with Gasteiger partial charge in [-0.2, -0.15) is 0 Å². The summed E-state index contributed by atoms with van der Waals surface area (Å²) in [5, 5.41) is 0. The maximum atomic E-state index is 6.29. The molecule has 0 amide bonds. The molecule has 72 valence electrons. The van der Waals surface area contributed by atoms with Gasteiger partial charge in [0, 0.05) is 6.04 Å². The summed E-state index contributed by atoms with van der Waals surface area (Å²) in [6.07, 6.45) is 11.9. The maximum Gasteiger partial charge on any atom is 0.0107 e. The summed E-state index contributed by atoms with van der Waals surface area (Å²) in [6, 6.07) is 0.591. The Morgan fingerprint density at radius 3 is 1.46 bits per heavy atom. The minimum absolute atomic E-state index is 0.591. The lowest BCUT2D eigenvalue weighted by atomic mass is 9.64. The third-order valence-corrected chi connectivity index (χ3v) is 6.46. The Morgan fingerprint density at radius 1 is 0.846 bits per heavy atom. The van der Waals surface area contributed by atoms with Gasteiger partial charge in [0.15, 0.2) is 0 Å². The van der Waals surface area contributed by atoms with E-state index >= 15 is 0 Å². The van der Waals surface area contributed by atoms with E-state index < -0.39 is 0 Å². The van der Waals surface area contributed by atoms with Crippen LogP contribution in [0.5, 0.6) is 0 Å². The molecule has 0 aromatic rings. The summed E-state index contributed by atoms with van der Waals surface area (Å²) in [4.78, 5) is 0. The summed E-state index contributed by atoms with van der Waals surface area (Å²) < 4.78 is 0. The fourth-order valence-corrected chi connectivity index (χ4v) is 5.66. The van der Waals surface area contributed by atoms with Gasteiger partial charge in [0.05, 0.1) is 0 Å². The van der Waals surface area contributed by atoms with Crippen LogP contribution in [0, 0.1) is 16.2 Å². The van der Waals surface area contributed by atoms with Crippen LogP contribution in [-0.2, 0) is 0 Å². The monoisotopic (exact) mass is 177 g/mol. The molecule has 4 rings (SSSR count). The summed E-state index contributed by atoms with van der Waals surface area (Å²) in [5.41, 5.74) is 8.58. The summed E-state index contributed by atoms with van der Waals surface area (Å²) in [7, 11) is 0. The minimum Gasteiger partial charge on any atom is -0.327 e. The molecular formula is C12H19N. The molecule has 4 aliphatic rings. The van der Waals surface area contributed by atoms with Gasteiger partial charge in [-0.15, -0.1) is 0 Å². The molecule has 0 aromatic carbocycles. The van der Waals surface area contributed by atoms with E-state index in [4.69, 9.17) is 5.73 Å². The Kier molecular flexibility index (Phi) is 0.959. The predicted octanol–water partition coefficient (Wildman–Crippen LogP) is 2.45. The van der Waals surface area contributed by atoms with E-state index in [2.05, 4.69) is 0 Å². The topological polar surface area (TPSA) is 26.0 Å².